The lowest BCUT2D eigenvalue weighted by atomic mass is 10.1. The molecule has 0 aliphatic heterocycles. The summed E-state index contributed by atoms with van der Waals surface area (Å²) in [6.45, 7) is 0. The number of carbonyl (C=O) groups excluding carboxylic acids is 1. The third kappa shape index (κ3) is 5.02. The van der Waals surface area contributed by atoms with Gasteiger partial charge in [-0.25, -0.2) is 9.37 Å². The number of benzene rings is 3. The molecule has 0 atom stereocenters. The van der Waals surface area contributed by atoms with E-state index < -0.39 is 0 Å². The number of ether oxygens (including phenoxy) is 2. The van der Waals surface area contributed by atoms with Gasteiger partial charge in [0.05, 0.1) is 7.11 Å². The lowest BCUT2D eigenvalue weighted by molar-refractivity contribution is 0.102. The van der Waals surface area contributed by atoms with Crippen molar-refractivity contribution in [2.75, 3.05) is 12.4 Å². The first-order chi connectivity index (χ1) is 15.1. The van der Waals surface area contributed by atoms with Crippen molar-refractivity contribution in [1.82, 2.24) is 9.97 Å². The van der Waals surface area contributed by atoms with Gasteiger partial charge in [0.25, 0.3) is 5.91 Å². The molecule has 0 radical (unpaired) electrons. The Labute approximate surface area is 178 Å². The van der Waals surface area contributed by atoms with E-state index in [0.29, 0.717) is 40.0 Å². The Morgan fingerprint density at radius 2 is 1.71 bits per heavy atom. The van der Waals surface area contributed by atoms with E-state index in [4.69, 9.17) is 9.47 Å². The zero-order valence-electron chi connectivity index (χ0n) is 16.6. The minimum Gasteiger partial charge on any atom is -0.497 e. The molecule has 1 aromatic heterocycles. The van der Waals surface area contributed by atoms with Crippen molar-refractivity contribution in [3.05, 3.63) is 96.4 Å². The van der Waals surface area contributed by atoms with E-state index in [2.05, 4.69) is 15.3 Å². The molecule has 0 saturated heterocycles. The highest BCUT2D eigenvalue weighted by atomic mass is 19.1. The maximum absolute atomic E-state index is 13.1. The van der Waals surface area contributed by atoms with Gasteiger partial charge in [-0.15, -0.1) is 0 Å². The molecule has 0 bridgehead atoms. The molecule has 0 aliphatic rings. The molecular weight excluding hydrogens is 397 g/mol. The lowest BCUT2D eigenvalue weighted by Gasteiger charge is -2.09. The molecule has 0 saturated carbocycles. The monoisotopic (exact) mass is 415 g/mol. The summed E-state index contributed by atoms with van der Waals surface area (Å²) in [7, 11) is 1.58. The van der Waals surface area contributed by atoms with E-state index in [9.17, 15) is 9.18 Å². The number of hydrogen-bond donors (Lipinski definition) is 1. The number of amides is 1. The van der Waals surface area contributed by atoms with Crippen LogP contribution in [0.15, 0.2) is 85.1 Å². The average molecular weight is 415 g/mol. The van der Waals surface area contributed by atoms with Crippen LogP contribution in [0, 0.1) is 5.82 Å². The fourth-order valence-corrected chi connectivity index (χ4v) is 2.86. The first-order valence-corrected chi connectivity index (χ1v) is 9.43. The van der Waals surface area contributed by atoms with Crippen molar-refractivity contribution in [2.24, 2.45) is 0 Å². The van der Waals surface area contributed by atoms with Gasteiger partial charge in [0, 0.05) is 35.1 Å². The normalized spacial score (nSPS) is 10.4. The highest BCUT2D eigenvalue weighted by molar-refractivity contribution is 6.04. The molecule has 0 aliphatic carbocycles. The van der Waals surface area contributed by atoms with Crippen LogP contribution in [0.5, 0.6) is 17.4 Å². The van der Waals surface area contributed by atoms with Crippen LogP contribution in [-0.2, 0) is 0 Å². The molecule has 6 nitrogen and oxygen atoms in total. The number of halogens is 1. The Kier molecular flexibility index (Phi) is 5.84. The quantitative estimate of drug-likeness (QED) is 0.460. The third-order valence-corrected chi connectivity index (χ3v) is 4.38. The largest absolute Gasteiger partial charge is 0.497 e. The summed E-state index contributed by atoms with van der Waals surface area (Å²) in [6.07, 6.45) is 1.59. The Morgan fingerprint density at radius 1 is 0.935 bits per heavy atom. The second-order valence-electron chi connectivity index (χ2n) is 6.54. The van der Waals surface area contributed by atoms with E-state index in [1.807, 2.05) is 12.1 Å². The summed E-state index contributed by atoms with van der Waals surface area (Å²) >= 11 is 0. The van der Waals surface area contributed by atoms with E-state index in [-0.39, 0.29) is 11.7 Å². The number of nitrogens with one attached hydrogen (secondary N) is 1. The van der Waals surface area contributed by atoms with Crippen molar-refractivity contribution in [2.45, 2.75) is 0 Å². The molecule has 1 N–H and O–H groups in total. The van der Waals surface area contributed by atoms with Gasteiger partial charge in [-0.05, 0) is 48.5 Å². The topological polar surface area (TPSA) is 73.3 Å². The minimum atomic E-state index is -0.367. The molecule has 7 heteroatoms. The standard InChI is InChI=1S/C24H18FN3O3/c1-30-20-6-3-7-21(15-20)31-22-12-13-26-23(28-22)16-4-2-5-17(14-16)24(29)27-19-10-8-18(25)9-11-19/h2-15H,1H3,(H,27,29). The Hall–Kier alpha value is -4.26. The first kappa shape index (κ1) is 20.0. The fourth-order valence-electron chi connectivity index (χ4n) is 2.86. The molecular formula is C24H18FN3O3. The Bertz CT molecular complexity index is 1210. The summed E-state index contributed by atoms with van der Waals surface area (Å²) in [6, 6.07) is 21.3. The van der Waals surface area contributed by atoms with Gasteiger partial charge in [-0.1, -0.05) is 18.2 Å². The van der Waals surface area contributed by atoms with Crippen LogP contribution in [0.4, 0.5) is 10.1 Å². The second-order valence-corrected chi connectivity index (χ2v) is 6.54. The minimum absolute atomic E-state index is 0.322. The number of anilines is 1. The molecule has 1 heterocycles. The van der Waals surface area contributed by atoms with Crippen LogP contribution in [0.2, 0.25) is 0 Å². The number of aromatic nitrogens is 2. The van der Waals surface area contributed by atoms with Crippen molar-refractivity contribution < 1.29 is 18.7 Å². The van der Waals surface area contributed by atoms with Gasteiger partial charge >= 0.3 is 0 Å². The van der Waals surface area contributed by atoms with Crippen LogP contribution in [0.1, 0.15) is 10.4 Å². The molecule has 4 aromatic rings. The SMILES string of the molecule is COc1cccc(Oc2ccnc(-c3cccc(C(=O)Nc4ccc(F)cc4)c3)n2)c1. The third-order valence-electron chi connectivity index (χ3n) is 4.38. The highest BCUT2D eigenvalue weighted by Crippen LogP contribution is 2.25. The van der Waals surface area contributed by atoms with Crippen molar-refractivity contribution in [3.63, 3.8) is 0 Å². The molecule has 31 heavy (non-hydrogen) atoms. The van der Waals surface area contributed by atoms with Crippen LogP contribution in [0.25, 0.3) is 11.4 Å². The number of hydrogen-bond acceptors (Lipinski definition) is 5. The van der Waals surface area contributed by atoms with Crippen LogP contribution in [-0.4, -0.2) is 23.0 Å². The molecule has 4 rings (SSSR count). The Morgan fingerprint density at radius 3 is 2.52 bits per heavy atom. The van der Waals surface area contributed by atoms with Gasteiger partial charge in [-0.3, -0.25) is 4.79 Å². The van der Waals surface area contributed by atoms with E-state index in [1.54, 1.807) is 55.8 Å². The number of methoxy groups -OCH3 is 1. The predicted molar refractivity (Wildman–Crippen MR) is 115 cm³/mol. The van der Waals surface area contributed by atoms with Gasteiger partial charge in [0.1, 0.15) is 17.3 Å². The Balaban J connectivity index is 1.54. The molecule has 1 amide bonds. The maximum atomic E-state index is 13.1. The van der Waals surface area contributed by atoms with Crippen molar-refractivity contribution >= 4 is 11.6 Å². The molecule has 3 aromatic carbocycles. The van der Waals surface area contributed by atoms with E-state index in [1.165, 1.54) is 24.3 Å². The summed E-state index contributed by atoms with van der Waals surface area (Å²) in [4.78, 5) is 21.3. The summed E-state index contributed by atoms with van der Waals surface area (Å²) < 4.78 is 24.1. The lowest BCUT2D eigenvalue weighted by Crippen LogP contribution is -2.11. The van der Waals surface area contributed by atoms with Crippen molar-refractivity contribution in [3.8, 4) is 28.8 Å². The number of nitrogens with zero attached hydrogens (tertiary/aromatic N) is 2. The first-order valence-electron chi connectivity index (χ1n) is 9.43. The van der Waals surface area contributed by atoms with Gasteiger partial charge in [0.15, 0.2) is 5.82 Å². The highest BCUT2D eigenvalue weighted by Gasteiger charge is 2.10. The zero-order valence-corrected chi connectivity index (χ0v) is 16.6. The number of rotatable bonds is 6. The summed E-state index contributed by atoms with van der Waals surface area (Å²) in [5.41, 5.74) is 1.58. The molecule has 0 unspecified atom stereocenters. The van der Waals surface area contributed by atoms with E-state index in [0.717, 1.165) is 0 Å². The smallest absolute Gasteiger partial charge is 0.255 e. The van der Waals surface area contributed by atoms with Crippen LogP contribution >= 0.6 is 0 Å². The predicted octanol–water partition coefficient (Wildman–Crippen LogP) is 5.34. The summed E-state index contributed by atoms with van der Waals surface area (Å²) in [5, 5.41) is 2.74. The van der Waals surface area contributed by atoms with Crippen LogP contribution < -0.4 is 14.8 Å². The van der Waals surface area contributed by atoms with Crippen molar-refractivity contribution in [1.29, 1.82) is 0 Å². The molecule has 0 fully saturated rings. The number of carbonyl (C=O) groups is 1. The van der Waals surface area contributed by atoms with Crippen LogP contribution in [0.3, 0.4) is 0 Å². The van der Waals surface area contributed by atoms with Gasteiger partial charge < -0.3 is 14.8 Å². The molecule has 154 valence electrons. The second kappa shape index (κ2) is 9.04. The van der Waals surface area contributed by atoms with E-state index >= 15 is 0 Å². The maximum Gasteiger partial charge on any atom is 0.255 e. The van der Waals surface area contributed by atoms with Gasteiger partial charge in [-0.2, -0.15) is 4.98 Å². The average Bonchev–Trinajstić information content (AvgIpc) is 2.81. The zero-order chi connectivity index (χ0) is 21.6. The fraction of sp³-hybridized carbons (Fsp3) is 0.0417. The summed E-state index contributed by atoms with van der Waals surface area (Å²) in [5.74, 6) is 1.34. The molecule has 0 spiro atoms. The van der Waals surface area contributed by atoms with Gasteiger partial charge in [0.2, 0.25) is 5.88 Å².